The number of benzene rings is 1. The van der Waals surface area contributed by atoms with Gasteiger partial charge in [-0.25, -0.2) is 0 Å². The van der Waals surface area contributed by atoms with Crippen LogP contribution in [0.2, 0.25) is 0 Å². The number of hydrogen-bond donors (Lipinski definition) is 1. The Morgan fingerprint density at radius 1 is 1.42 bits per heavy atom. The van der Waals surface area contributed by atoms with Gasteiger partial charge in [0.2, 0.25) is 0 Å². The summed E-state index contributed by atoms with van der Waals surface area (Å²) in [7, 11) is 2.21. The molecule has 0 aliphatic carbocycles. The third-order valence-electron chi connectivity index (χ3n) is 4.00. The monoisotopic (exact) mass is 262 g/mol. The summed E-state index contributed by atoms with van der Waals surface area (Å²) in [4.78, 5) is 2.43. The van der Waals surface area contributed by atoms with E-state index in [4.69, 9.17) is 4.74 Å². The average Bonchev–Trinajstić information content (AvgIpc) is 2.39. The van der Waals surface area contributed by atoms with E-state index >= 15 is 0 Å². The van der Waals surface area contributed by atoms with Crippen molar-refractivity contribution in [2.75, 3.05) is 26.7 Å². The molecule has 1 saturated heterocycles. The Hall–Kier alpha value is -1.06. The third kappa shape index (κ3) is 4.51. The zero-order valence-corrected chi connectivity index (χ0v) is 12.4. The molecule has 2 rings (SSSR count). The molecule has 1 N–H and O–H groups in total. The Morgan fingerprint density at radius 2 is 2.26 bits per heavy atom. The lowest BCUT2D eigenvalue weighted by Crippen LogP contribution is -2.46. The van der Waals surface area contributed by atoms with Gasteiger partial charge in [-0.1, -0.05) is 12.1 Å². The van der Waals surface area contributed by atoms with E-state index in [0.29, 0.717) is 12.1 Å². The minimum atomic E-state index is 0.646. The number of piperidine rings is 1. The molecule has 3 nitrogen and oxygen atoms in total. The summed E-state index contributed by atoms with van der Waals surface area (Å²) in [6.07, 6.45) is 2.48. The lowest BCUT2D eigenvalue weighted by atomic mass is 9.99. The van der Waals surface area contributed by atoms with E-state index in [1.54, 1.807) is 0 Å². The highest BCUT2D eigenvalue weighted by molar-refractivity contribution is 5.27. The molecular formula is C16H26N2O. The van der Waals surface area contributed by atoms with Gasteiger partial charge in [0.15, 0.2) is 0 Å². The number of likely N-dealkylation sites (tertiary alicyclic amines) is 1. The molecular weight excluding hydrogens is 236 g/mol. The highest BCUT2D eigenvalue weighted by Crippen LogP contribution is 2.15. The first kappa shape index (κ1) is 14.4. The topological polar surface area (TPSA) is 24.5 Å². The van der Waals surface area contributed by atoms with Crippen molar-refractivity contribution >= 4 is 0 Å². The van der Waals surface area contributed by atoms with Gasteiger partial charge in [0.25, 0.3) is 0 Å². The molecule has 0 saturated carbocycles. The maximum Gasteiger partial charge on any atom is 0.119 e. The van der Waals surface area contributed by atoms with E-state index in [1.807, 2.05) is 12.1 Å². The van der Waals surface area contributed by atoms with Crippen molar-refractivity contribution < 1.29 is 4.74 Å². The lowest BCUT2D eigenvalue weighted by molar-refractivity contribution is 0.165. The summed E-state index contributed by atoms with van der Waals surface area (Å²) in [5.41, 5.74) is 1.25. The van der Waals surface area contributed by atoms with Crippen molar-refractivity contribution in [3.05, 3.63) is 29.8 Å². The van der Waals surface area contributed by atoms with Crippen molar-refractivity contribution in [2.45, 2.75) is 38.8 Å². The Morgan fingerprint density at radius 3 is 3.00 bits per heavy atom. The summed E-state index contributed by atoms with van der Waals surface area (Å²) in [5, 5.41) is 3.61. The second-order valence-corrected chi connectivity index (χ2v) is 5.67. The van der Waals surface area contributed by atoms with Crippen molar-refractivity contribution in [3.8, 4) is 5.75 Å². The molecule has 1 fully saturated rings. The first-order chi connectivity index (χ1) is 9.15. The molecule has 1 aliphatic rings. The predicted molar refractivity (Wildman–Crippen MR) is 79.8 cm³/mol. The van der Waals surface area contributed by atoms with Crippen LogP contribution in [0.3, 0.4) is 0 Å². The third-order valence-corrected chi connectivity index (χ3v) is 4.00. The number of nitrogens with one attached hydrogen (secondary N) is 1. The van der Waals surface area contributed by atoms with Crippen LogP contribution in [0, 0.1) is 6.92 Å². The Labute approximate surface area is 116 Å². The van der Waals surface area contributed by atoms with Crippen LogP contribution in [0.15, 0.2) is 24.3 Å². The molecule has 1 aromatic rings. The molecule has 0 bridgehead atoms. The molecule has 1 aromatic carbocycles. The van der Waals surface area contributed by atoms with Gasteiger partial charge in [0.1, 0.15) is 12.4 Å². The second kappa shape index (κ2) is 6.92. The second-order valence-electron chi connectivity index (χ2n) is 5.67. The summed E-state index contributed by atoms with van der Waals surface area (Å²) in [6.45, 7) is 7.25. The Kier molecular flexibility index (Phi) is 5.23. The van der Waals surface area contributed by atoms with E-state index in [2.05, 4.69) is 43.2 Å². The van der Waals surface area contributed by atoms with Gasteiger partial charge in [0, 0.05) is 18.6 Å². The predicted octanol–water partition coefficient (Wildman–Crippen LogP) is 2.45. The van der Waals surface area contributed by atoms with Crippen molar-refractivity contribution in [3.63, 3.8) is 0 Å². The Bertz CT molecular complexity index is 394. The zero-order valence-electron chi connectivity index (χ0n) is 12.4. The molecule has 0 aromatic heterocycles. The first-order valence-corrected chi connectivity index (χ1v) is 7.28. The molecule has 2 atom stereocenters. The molecule has 0 radical (unpaired) electrons. The van der Waals surface area contributed by atoms with Crippen LogP contribution in [0.1, 0.15) is 25.3 Å². The van der Waals surface area contributed by atoms with E-state index in [1.165, 1.54) is 24.9 Å². The van der Waals surface area contributed by atoms with Gasteiger partial charge in [-0.05, 0) is 58.0 Å². The van der Waals surface area contributed by atoms with Crippen molar-refractivity contribution in [1.82, 2.24) is 10.2 Å². The van der Waals surface area contributed by atoms with Crippen LogP contribution in [-0.2, 0) is 0 Å². The standard InChI is InChI=1S/C16H26N2O/c1-13-5-4-6-16(11-13)19-10-8-17-15-7-9-18(3)14(2)12-15/h4-6,11,14-15,17H,7-10,12H2,1-3H3. The molecule has 3 heteroatoms. The fourth-order valence-corrected chi connectivity index (χ4v) is 2.61. The maximum atomic E-state index is 5.75. The molecule has 0 amide bonds. The average molecular weight is 262 g/mol. The van der Waals surface area contributed by atoms with Crippen molar-refractivity contribution in [1.29, 1.82) is 0 Å². The Balaban J connectivity index is 1.64. The summed E-state index contributed by atoms with van der Waals surface area (Å²) < 4.78 is 5.75. The van der Waals surface area contributed by atoms with Gasteiger partial charge in [0.05, 0.1) is 0 Å². The SMILES string of the molecule is Cc1cccc(OCCNC2CCN(C)C(C)C2)c1. The fourth-order valence-electron chi connectivity index (χ4n) is 2.61. The summed E-state index contributed by atoms with van der Waals surface area (Å²) >= 11 is 0. The minimum Gasteiger partial charge on any atom is -0.492 e. The molecule has 2 unspecified atom stereocenters. The summed E-state index contributed by atoms with van der Waals surface area (Å²) in [6, 6.07) is 9.56. The van der Waals surface area contributed by atoms with E-state index in [9.17, 15) is 0 Å². The number of nitrogens with zero attached hydrogens (tertiary/aromatic N) is 1. The van der Waals surface area contributed by atoms with E-state index in [0.717, 1.165) is 18.9 Å². The van der Waals surface area contributed by atoms with Gasteiger partial charge < -0.3 is 15.0 Å². The molecule has 1 heterocycles. The van der Waals surface area contributed by atoms with Crippen LogP contribution in [0.4, 0.5) is 0 Å². The molecule has 19 heavy (non-hydrogen) atoms. The maximum absolute atomic E-state index is 5.75. The molecule has 1 aliphatic heterocycles. The summed E-state index contributed by atoms with van der Waals surface area (Å²) in [5.74, 6) is 0.971. The smallest absolute Gasteiger partial charge is 0.119 e. The minimum absolute atomic E-state index is 0.646. The fraction of sp³-hybridized carbons (Fsp3) is 0.625. The van der Waals surface area contributed by atoms with Crippen LogP contribution in [-0.4, -0.2) is 43.7 Å². The van der Waals surface area contributed by atoms with Gasteiger partial charge in [-0.3, -0.25) is 0 Å². The lowest BCUT2D eigenvalue weighted by Gasteiger charge is -2.35. The number of rotatable bonds is 5. The number of hydrogen-bond acceptors (Lipinski definition) is 3. The first-order valence-electron chi connectivity index (χ1n) is 7.28. The largest absolute Gasteiger partial charge is 0.492 e. The van der Waals surface area contributed by atoms with E-state index in [-0.39, 0.29) is 0 Å². The van der Waals surface area contributed by atoms with Gasteiger partial charge in [-0.2, -0.15) is 0 Å². The number of ether oxygens (including phenoxy) is 1. The van der Waals surface area contributed by atoms with Crippen LogP contribution in [0.5, 0.6) is 5.75 Å². The number of aryl methyl sites for hydroxylation is 1. The van der Waals surface area contributed by atoms with Crippen molar-refractivity contribution in [2.24, 2.45) is 0 Å². The van der Waals surface area contributed by atoms with Gasteiger partial charge >= 0.3 is 0 Å². The normalized spacial score (nSPS) is 24.4. The van der Waals surface area contributed by atoms with Crippen LogP contribution < -0.4 is 10.1 Å². The zero-order chi connectivity index (χ0) is 13.7. The quantitative estimate of drug-likeness (QED) is 0.825. The van der Waals surface area contributed by atoms with Crippen LogP contribution >= 0.6 is 0 Å². The van der Waals surface area contributed by atoms with Crippen LogP contribution in [0.25, 0.3) is 0 Å². The molecule has 106 valence electrons. The highest BCUT2D eigenvalue weighted by Gasteiger charge is 2.21. The highest BCUT2D eigenvalue weighted by atomic mass is 16.5. The van der Waals surface area contributed by atoms with E-state index < -0.39 is 0 Å². The molecule has 0 spiro atoms. The van der Waals surface area contributed by atoms with Gasteiger partial charge in [-0.15, -0.1) is 0 Å².